The molecule has 35 heteroatoms. The van der Waals surface area contributed by atoms with Crippen LogP contribution < -0.4 is 44.6 Å². The summed E-state index contributed by atoms with van der Waals surface area (Å²) in [5.41, 5.74) is 33.2. The molecule has 10 aromatic rings. The maximum Gasteiger partial charge on any atom is 0.416 e. The van der Waals surface area contributed by atoms with E-state index in [-0.39, 0.29) is 104 Å². The van der Waals surface area contributed by atoms with E-state index < -0.39 is 90.4 Å². The number of benzene rings is 6. The number of anilines is 4. The monoisotopic (exact) mass is 1660 g/mol. The Morgan fingerprint density at radius 1 is 0.433 bits per heavy atom. The average Bonchev–Trinajstić information content (AvgIpc) is 0.814. The van der Waals surface area contributed by atoms with Crippen LogP contribution in [0.5, 0.6) is 0 Å². The summed E-state index contributed by atoms with van der Waals surface area (Å²) in [4.78, 5) is 83.3. The van der Waals surface area contributed by atoms with Crippen LogP contribution in [0.15, 0.2) is 146 Å². The number of ether oxygens (including phenoxy) is 2. The van der Waals surface area contributed by atoms with Crippen molar-refractivity contribution in [2.75, 3.05) is 69.6 Å². The van der Waals surface area contributed by atoms with Gasteiger partial charge in [0.1, 0.15) is 69.3 Å². The maximum absolute atomic E-state index is 15.0. The van der Waals surface area contributed by atoms with Gasteiger partial charge in [-0.15, -0.1) is 0 Å². The van der Waals surface area contributed by atoms with E-state index in [4.69, 9.17) is 38.1 Å². The zero-order chi connectivity index (χ0) is 86.1. The predicted octanol–water partition coefficient (Wildman–Crippen LogP) is 12.6. The van der Waals surface area contributed by atoms with Crippen molar-refractivity contribution < 1.29 is 88.6 Å². The van der Waals surface area contributed by atoms with Crippen molar-refractivity contribution in [1.82, 2.24) is 55.8 Å². The van der Waals surface area contributed by atoms with E-state index in [1.807, 2.05) is 0 Å². The lowest BCUT2D eigenvalue weighted by Crippen LogP contribution is -2.31. The molecule has 14 rings (SSSR count). The van der Waals surface area contributed by atoms with Crippen molar-refractivity contribution in [3.05, 3.63) is 237 Å². The third-order valence-corrected chi connectivity index (χ3v) is 21.1. The number of halogens is 9. The molecule has 4 aliphatic rings. The number of aromatic nitrogens is 8. The van der Waals surface area contributed by atoms with E-state index in [9.17, 15) is 70.3 Å². The van der Waals surface area contributed by atoms with E-state index in [1.165, 1.54) is 85.9 Å². The molecule has 4 amide bonds. The van der Waals surface area contributed by atoms with Gasteiger partial charge in [0.15, 0.2) is 0 Å². The largest absolute Gasteiger partial charge is 0.416 e. The molecule has 0 bridgehead atoms. The normalized spacial score (nSPS) is 17.5. The Kier molecular flexibility index (Phi) is 29.9. The van der Waals surface area contributed by atoms with Crippen LogP contribution in [0, 0.1) is 23.3 Å². The summed E-state index contributed by atoms with van der Waals surface area (Å²) in [5, 5.41) is 46.1. The highest BCUT2D eigenvalue weighted by Crippen LogP contribution is 2.39. The van der Waals surface area contributed by atoms with Crippen LogP contribution in [0.4, 0.5) is 62.8 Å². The number of nitrogen functional groups attached to an aromatic ring is 4. The molecule has 632 valence electrons. The maximum atomic E-state index is 15.0. The van der Waals surface area contributed by atoms with Gasteiger partial charge >= 0.3 is 6.18 Å². The number of carbonyl (C=O) groups is 4. The van der Waals surface area contributed by atoms with E-state index >= 15 is 8.78 Å². The summed E-state index contributed by atoms with van der Waals surface area (Å²) in [6.07, 6.45) is 7.70. The highest BCUT2D eigenvalue weighted by Gasteiger charge is 2.33. The second-order valence-electron chi connectivity index (χ2n) is 29.1. The second-order valence-corrected chi connectivity index (χ2v) is 29.1. The van der Waals surface area contributed by atoms with Gasteiger partial charge in [-0.2, -0.15) is 13.2 Å². The number of nitrogens with two attached hydrogens (primary N) is 5. The van der Waals surface area contributed by atoms with E-state index in [0.717, 1.165) is 93.1 Å². The number of aliphatic hydroxyl groups is 4. The second kappa shape index (κ2) is 40.5. The van der Waals surface area contributed by atoms with Crippen molar-refractivity contribution in [2.45, 2.75) is 138 Å². The molecule has 4 aromatic heterocycles. The fourth-order valence-electron chi connectivity index (χ4n) is 14.3. The summed E-state index contributed by atoms with van der Waals surface area (Å²) < 4.78 is 134. The molecule has 6 heterocycles. The lowest BCUT2D eigenvalue weighted by molar-refractivity contribution is -0.137. The van der Waals surface area contributed by atoms with Crippen LogP contribution in [0.2, 0.25) is 0 Å². The van der Waals surface area contributed by atoms with Gasteiger partial charge in [0.25, 0.3) is 30.1 Å². The van der Waals surface area contributed by atoms with Crippen molar-refractivity contribution in [3.63, 3.8) is 0 Å². The molecule has 26 nitrogen and oxygen atoms in total. The molecule has 120 heavy (non-hydrogen) atoms. The van der Waals surface area contributed by atoms with Gasteiger partial charge in [-0.3, -0.25) is 19.2 Å². The number of amides is 4. The Bertz CT molecular complexity index is 5280. The molecule has 4 fully saturated rings. The molecule has 6 aromatic carbocycles. The molecular weight excluding hydrogens is 1580 g/mol. The Hall–Kier alpha value is -12.2. The van der Waals surface area contributed by atoms with Crippen LogP contribution >= 0.6 is 0 Å². The Labute approximate surface area is 683 Å². The highest BCUT2D eigenvalue weighted by atomic mass is 19.4. The van der Waals surface area contributed by atoms with Gasteiger partial charge in [0.2, 0.25) is 0 Å². The Morgan fingerprint density at radius 2 is 0.742 bits per heavy atom. The van der Waals surface area contributed by atoms with Crippen LogP contribution in [0.1, 0.15) is 206 Å². The zero-order valence-corrected chi connectivity index (χ0v) is 64.9. The molecule has 2 aliphatic heterocycles. The summed E-state index contributed by atoms with van der Waals surface area (Å²) in [5.74, 6) is -4.69. The Balaban J connectivity index is 0.000000160. The van der Waals surface area contributed by atoms with Gasteiger partial charge in [0.05, 0.1) is 113 Å². The van der Waals surface area contributed by atoms with Crippen LogP contribution in [-0.4, -0.2) is 143 Å². The summed E-state index contributed by atoms with van der Waals surface area (Å²) in [6, 6.07) is 23.4. The topological polar surface area (TPSA) is 437 Å². The number of aliphatic hydroxyl groups excluding tert-OH is 4. The minimum absolute atomic E-state index is 0.0200. The number of alkyl halides is 5. The van der Waals surface area contributed by atoms with Crippen molar-refractivity contribution in [2.24, 2.45) is 5.73 Å². The zero-order valence-electron chi connectivity index (χ0n) is 64.9. The minimum Gasteiger partial charge on any atom is -0.394 e. The first-order valence-corrected chi connectivity index (χ1v) is 38.6. The summed E-state index contributed by atoms with van der Waals surface area (Å²) in [6.45, 7) is 1.52. The van der Waals surface area contributed by atoms with E-state index in [2.05, 4.69) is 55.8 Å². The van der Waals surface area contributed by atoms with Gasteiger partial charge in [-0.1, -0.05) is 54.6 Å². The smallest absolute Gasteiger partial charge is 0.394 e. The van der Waals surface area contributed by atoms with Crippen molar-refractivity contribution in [3.8, 4) is 45.0 Å². The third kappa shape index (κ3) is 22.4. The molecule has 17 N–H and O–H groups in total. The van der Waals surface area contributed by atoms with Gasteiger partial charge in [-0.05, 0) is 155 Å². The molecule has 2 atom stereocenters. The van der Waals surface area contributed by atoms with E-state index in [1.54, 1.807) is 36.9 Å². The number of nitrogens with one attached hydrogen (secondary N) is 3. The number of hydrogen-bond donors (Lipinski definition) is 12. The lowest BCUT2D eigenvalue weighted by Gasteiger charge is -2.25. The minimum atomic E-state index is -4.59. The SMILES string of the molecule is CNC(=O)c1ccc(-c2nc(C3CCOCC3)cnc2N)cc1F.NC(=O)c1ccc(-c2nc(C3CCOCC3)cnc2N)cc1F.Nc1ncc(C2CCC(O)CC2)nc1-c1ccc(C(=O)N[C@H](CO)c2cccc(C(F)(F)F)c2)c(F)c1.Nc1ncc(C2CCC(O)CC2)nc1-c1ccc(C(=O)N[C@H](CO)c2cccc(C(F)F)c2)c(F)c1. The lowest BCUT2D eigenvalue weighted by atomic mass is 9.85. The molecule has 0 radical (unpaired) electrons. The summed E-state index contributed by atoms with van der Waals surface area (Å²) in [7, 11) is 1.45. The molecular formula is C85H89F9N16O10. The van der Waals surface area contributed by atoms with Crippen LogP contribution in [0.25, 0.3) is 45.0 Å². The number of nitrogens with zero attached hydrogens (tertiary/aromatic N) is 8. The number of hydrogen-bond acceptors (Lipinski definition) is 22. The highest BCUT2D eigenvalue weighted by molar-refractivity contribution is 5.97. The van der Waals surface area contributed by atoms with Gasteiger partial charge in [0, 0.05) is 85.0 Å². The fourth-order valence-corrected chi connectivity index (χ4v) is 14.3. The molecule has 2 saturated carbocycles. The van der Waals surface area contributed by atoms with Gasteiger partial charge in [-0.25, -0.2) is 66.2 Å². The molecule has 2 aliphatic carbocycles. The first kappa shape index (κ1) is 88.7. The Morgan fingerprint density at radius 3 is 1.05 bits per heavy atom. The molecule has 0 spiro atoms. The van der Waals surface area contributed by atoms with Gasteiger partial charge < -0.3 is 74.5 Å². The van der Waals surface area contributed by atoms with Crippen LogP contribution in [0.3, 0.4) is 0 Å². The molecule has 2 saturated heterocycles. The summed E-state index contributed by atoms with van der Waals surface area (Å²) >= 11 is 0. The predicted molar refractivity (Wildman–Crippen MR) is 427 cm³/mol. The third-order valence-electron chi connectivity index (χ3n) is 21.1. The van der Waals surface area contributed by atoms with Crippen LogP contribution in [-0.2, 0) is 15.7 Å². The number of rotatable bonds is 19. The van der Waals surface area contributed by atoms with E-state index in [0.29, 0.717) is 103 Å². The number of primary amides is 1. The molecule has 0 unspecified atom stereocenters. The fraction of sp³-hybridized carbons (Fsp3) is 0.341. The first-order valence-electron chi connectivity index (χ1n) is 38.6. The quantitative estimate of drug-likeness (QED) is 0.0335. The number of carbonyl (C=O) groups excluding carboxylic acids is 4. The average molecular weight is 1670 g/mol. The standard InChI is InChI=1S/C26H26F4N4O3.C26H27F3N4O3.C17H19FN4O2.C16H17FN4O2/c27-20-11-16(23-24(31)32-12-21(33-23)14-4-7-18(36)8-5-14)6-9-19(20)25(37)34-22(13-35)15-2-1-3-17(10-15)26(28,29)30;27-20-11-16(23-25(30)31-12-21(32-23)14-4-7-18(35)8-5-14)6-9-19(20)26(36)33-22(13-34)15-2-1-3-17(10-15)24(28)29;1-20-17(23)12-3-2-11(8-13(12)18)15-16(19)21-9-14(22-15)10-4-6-24-7-5-10;17-12-7-10(1-2-11(12)16(19)22)14-15(18)20-8-13(21-14)9-3-5-23-6-4-9/h1-3,6,9-12,14,18,22,35-36H,4-5,7-8,13H2,(H2,31,32)(H,34,37);1-3,6,9-12,14,18,22,24,34-35H,4-5,7-8,13H2,(H2,30,31)(H,33,36);2-3,8-10H,4-7H2,1H3,(H2,19,21)(H,20,23);1-2,7-9H,3-6H2,(H2,18,20)(H2,19,22)/t2*14?,18?,22-;;/m11../s1. The van der Waals surface area contributed by atoms with Crippen molar-refractivity contribution in [1.29, 1.82) is 0 Å². The van der Waals surface area contributed by atoms with Crippen molar-refractivity contribution >= 4 is 46.9 Å². The first-order chi connectivity index (χ1) is 57.5.